The van der Waals surface area contributed by atoms with Gasteiger partial charge in [0, 0.05) is 18.3 Å². The Hall–Kier alpha value is -1.81. The number of nitrogens with one attached hydrogen (secondary N) is 1. The molecule has 2 aromatic heterocycles. The number of aromatic amines is 1. The van der Waals surface area contributed by atoms with Gasteiger partial charge in [-0.3, -0.25) is 4.68 Å². The summed E-state index contributed by atoms with van der Waals surface area (Å²) in [6.07, 6.45) is 1.95. The van der Waals surface area contributed by atoms with Gasteiger partial charge in [-0.25, -0.2) is 4.98 Å². The van der Waals surface area contributed by atoms with E-state index >= 15 is 0 Å². The highest BCUT2D eigenvalue weighted by atomic mass is 35.5. The van der Waals surface area contributed by atoms with E-state index in [4.69, 9.17) is 11.6 Å². The van der Waals surface area contributed by atoms with Crippen molar-refractivity contribution in [2.45, 2.75) is 6.92 Å². The van der Waals surface area contributed by atoms with E-state index < -0.39 is 0 Å². The first-order valence-electron chi connectivity index (χ1n) is 5.29. The number of hydrogen-bond acceptors (Lipinski definition) is 2. The molecule has 3 rings (SSSR count). The van der Waals surface area contributed by atoms with E-state index in [9.17, 15) is 0 Å². The Morgan fingerprint density at radius 3 is 2.88 bits per heavy atom. The van der Waals surface area contributed by atoms with Crippen LogP contribution in [0.15, 0.2) is 24.4 Å². The molecule has 1 aromatic carbocycles. The number of H-pyrrole nitrogens is 1. The summed E-state index contributed by atoms with van der Waals surface area (Å²) in [5, 5.41) is 5.01. The zero-order valence-corrected chi connectivity index (χ0v) is 10.3. The summed E-state index contributed by atoms with van der Waals surface area (Å²) in [6, 6.07) is 5.62. The second-order valence-corrected chi connectivity index (χ2v) is 4.49. The van der Waals surface area contributed by atoms with Crippen molar-refractivity contribution < 1.29 is 0 Å². The molecule has 0 aliphatic carbocycles. The van der Waals surface area contributed by atoms with Crippen LogP contribution in [0.1, 0.15) is 5.69 Å². The van der Waals surface area contributed by atoms with Gasteiger partial charge in [-0.2, -0.15) is 5.10 Å². The molecule has 0 bridgehead atoms. The Kier molecular flexibility index (Phi) is 2.19. The summed E-state index contributed by atoms with van der Waals surface area (Å²) >= 11 is 5.95. The molecule has 0 saturated carbocycles. The fraction of sp³-hybridized carbons (Fsp3) is 0.167. The highest BCUT2D eigenvalue weighted by molar-refractivity contribution is 6.31. The molecule has 0 aliphatic rings. The average Bonchev–Trinajstić information content (AvgIpc) is 2.80. The molecule has 2 heterocycles. The lowest BCUT2D eigenvalue weighted by atomic mass is 10.2. The zero-order chi connectivity index (χ0) is 12.0. The Bertz CT molecular complexity index is 696. The lowest BCUT2D eigenvalue weighted by Crippen LogP contribution is -1.86. The van der Waals surface area contributed by atoms with Crippen molar-refractivity contribution in [2.75, 3.05) is 0 Å². The van der Waals surface area contributed by atoms with E-state index in [1.807, 2.05) is 38.4 Å². The van der Waals surface area contributed by atoms with Crippen molar-refractivity contribution in [2.24, 2.45) is 7.05 Å². The highest BCUT2D eigenvalue weighted by Crippen LogP contribution is 2.24. The fourth-order valence-corrected chi connectivity index (χ4v) is 2.11. The lowest BCUT2D eigenvalue weighted by molar-refractivity contribution is 0.756. The molecule has 0 amide bonds. The van der Waals surface area contributed by atoms with Crippen molar-refractivity contribution in [3.05, 3.63) is 35.1 Å². The topological polar surface area (TPSA) is 46.5 Å². The number of fused-ring (bicyclic) bond motifs is 1. The summed E-state index contributed by atoms with van der Waals surface area (Å²) in [7, 11) is 1.90. The quantitative estimate of drug-likeness (QED) is 0.718. The number of aromatic nitrogens is 4. The minimum absolute atomic E-state index is 0.704. The Morgan fingerprint density at radius 2 is 2.18 bits per heavy atom. The minimum atomic E-state index is 0.704. The van der Waals surface area contributed by atoms with Gasteiger partial charge < -0.3 is 4.98 Å². The van der Waals surface area contributed by atoms with Gasteiger partial charge in [0.2, 0.25) is 0 Å². The monoisotopic (exact) mass is 246 g/mol. The molecule has 0 spiro atoms. The maximum Gasteiger partial charge on any atom is 0.141 e. The molecule has 0 fully saturated rings. The number of halogens is 1. The van der Waals surface area contributed by atoms with Crippen molar-refractivity contribution >= 4 is 22.6 Å². The zero-order valence-electron chi connectivity index (χ0n) is 9.53. The summed E-state index contributed by atoms with van der Waals surface area (Å²) in [5.41, 5.74) is 3.82. The smallest absolute Gasteiger partial charge is 0.141 e. The van der Waals surface area contributed by atoms with E-state index in [0.717, 1.165) is 28.1 Å². The van der Waals surface area contributed by atoms with Gasteiger partial charge in [0.05, 0.1) is 22.3 Å². The number of aryl methyl sites for hydroxylation is 2. The fourth-order valence-electron chi connectivity index (χ4n) is 1.94. The molecule has 0 saturated heterocycles. The van der Waals surface area contributed by atoms with Gasteiger partial charge in [-0.1, -0.05) is 11.6 Å². The van der Waals surface area contributed by atoms with Crippen LogP contribution in [0.5, 0.6) is 0 Å². The second-order valence-electron chi connectivity index (χ2n) is 4.05. The third kappa shape index (κ3) is 1.70. The first-order chi connectivity index (χ1) is 8.13. The van der Waals surface area contributed by atoms with E-state index in [0.29, 0.717) is 5.02 Å². The number of hydrogen-bond donors (Lipinski definition) is 1. The van der Waals surface area contributed by atoms with E-state index in [1.54, 1.807) is 4.68 Å². The van der Waals surface area contributed by atoms with Crippen LogP contribution < -0.4 is 0 Å². The molecule has 17 heavy (non-hydrogen) atoms. The lowest BCUT2D eigenvalue weighted by Gasteiger charge is -1.90. The van der Waals surface area contributed by atoms with E-state index in [-0.39, 0.29) is 0 Å². The first-order valence-corrected chi connectivity index (χ1v) is 5.67. The van der Waals surface area contributed by atoms with Crippen LogP contribution in [0, 0.1) is 6.92 Å². The third-order valence-electron chi connectivity index (χ3n) is 2.71. The maximum absolute atomic E-state index is 5.95. The molecule has 0 aliphatic heterocycles. The molecule has 5 heteroatoms. The normalized spacial score (nSPS) is 11.2. The van der Waals surface area contributed by atoms with E-state index in [2.05, 4.69) is 15.1 Å². The van der Waals surface area contributed by atoms with Gasteiger partial charge in [0.25, 0.3) is 0 Å². The summed E-state index contributed by atoms with van der Waals surface area (Å²) in [6.45, 7) is 1.97. The van der Waals surface area contributed by atoms with Crippen molar-refractivity contribution in [1.29, 1.82) is 0 Å². The summed E-state index contributed by atoms with van der Waals surface area (Å²) in [4.78, 5) is 7.79. The van der Waals surface area contributed by atoms with Gasteiger partial charge in [0.1, 0.15) is 5.82 Å². The Morgan fingerprint density at radius 1 is 1.35 bits per heavy atom. The number of rotatable bonds is 1. The summed E-state index contributed by atoms with van der Waals surface area (Å²) in [5.74, 6) is 0.827. The average molecular weight is 247 g/mol. The predicted molar refractivity (Wildman–Crippen MR) is 68.0 cm³/mol. The van der Waals surface area contributed by atoms with E-state index in [1.165, 1.54) is 0 Å². The van der Waals surface area contributed by atoms with Crippen molar-refractivity contribution in [3.8, 4) is 11.4 Å². The highest BCUT2D eigenvalue weighted by Gasteiger charge is 2.10. The molecule has 1 N–H and O–H groups in total. The van der Waals surface area contributed by atoms with Crippen LogP contribution in [0.2, 0.25) is 5.02 Å². The number of benzene rings is 1. The van der Waals surface area contributed by atoms with Gasteiger partial charge in [-0.05, 0) is 25.1 Å². The Balaban J connectivity index is 2.21. The van der Waals surface area contributed by atoms with Gasteiger partial charge >= 0.3 is 0 Å². The third-order valence-corrected chi connectivity index (χ3v) is 2.95. The number of imidazole rings is 1. The first kappa shape index (κ1) is 10.4. The van der Waals surface area contributed by atoms with Crippen LogP contribution in [0.25, 0.3) is 22.4 Å². The van der Waals surface area contributed by atoms with Crippen LogP contribution in [0.4, 0.5) is 0 Å². The molecule has 4 nitrogen and oxygen atoms in total. The SMILES string of the molecule is Cc1nn(C)cc1-c1nc2ccc(Cl)cc2[nH]1. The van der Waals surface area contributed by atoms with Crippen molar-refractivity contribution in [3.63, 3.8) is 0 Å². The van der Waals surface area contributed by atoms with Crippen LogP contribution in [0.3, 0.4) is 0 Å². The van der Waals surface area contributed by atoms with Crippen LogP contribution in [-0.4, -0.2) is 19.7 Å². The molecule has 0 unspecified atom stereocenters. The minimum Gasteiger partial charge on any atom is -0.338 e. The van der Waals surface area contributed by atoms with Gasteiger partial charge in [0.15, 0.2) is 0 Å². The molecular formula is C12H11ClN4. The molecule has 0 radical (unpaired) electrons. The molecule has 0 atom stereocenters. The summed E-state index contributed by atoms with van der Waals surface area (Å²) < 4.78 is 1.78. The van der Waals surface area contributed by atoms with Crippen molar-refractivity contribution in [1.82, 2.24) is 19.7 Å². The second kappa shape index (κ2) is 3.60. The molecular weight excluding hydrogens is 236 g/mol. The van der Waals surface area contributed by atoms with Crippen LogP contribution in [-0.2, 0) is 7.05 Å². The molecule has 3 aromatic rings. The van der Waals surface area contributed by atoms with Gasteiger partial charge in [-0.15, -0.1) is 0 Å². The predicted octanol–water partition coefficient (Wildman–Crippen LogP) is 2.93. The maximum atomic E-state index is 5.95. The van der Waals surface area contributed by atoms with Crippen LogP contribution >= 0.6 is 11.6 Å². The Labute approximate surface area is 103 Å². The molecule has 86 valence electrons. The standard InChI is InChI=1S/C12H11ClN4/c1-7-9(6-17(2)16-7)12-14-10-4-3-8(13)5-11(10)15-12/h3-6H,1-2H3,(H,14,15). The number of nitrogens with zero attached hydrogens (tertiary/aromatic N) is 3. The largest absolute Gasteiger partial charge is 0.338 e.